The molecule has 0 saturated heterocycles. The molecule has 1 unspecified atom stereocenters. The van der Waals surface area contributed by atoms with Crippen LogP contribution in [0.5, 0.6) is 5.75 Å². The van der Waals surface area contributed by atoms with Gasteiger partial charge in [0, 0.05) is 11.6 Å². The van der Waals surface area contributed by atoms with Crippen LogP contribution in [0.1, 0.15) is 25.8 Å². The number of esters is 1. The van der Waals surface area contributed by atoms with E-state index in [-0.39, 0.29) is 17.8 Å². The Balaban J connectivity index is 2.13. The first-order valence-electron chi connectivity index (χ1n) is 7.79. The SMILES string of the molecule is C=CCn1c(SCC(=O)OCC)nnc1C(C)Oc1cccc(Cl)c1. The van der Waals surface area contributed by atoms with Crippen molar-refractivity contribution in [2.24, 2.45) is 0 Å². The Bertz CT molecular complexity index is 736. The van der Waals surface area contributed by atoms with Crippen molar-refractivity contribution in [3.05, 3.63) is 47.8 Å². The molecule has 1 aromatic heterocycles. The molecular weight excluding hydrogens is 362 g/mol. The highest BCUT2D eigenvalue weighted by molar-refractivity contribution is 7.99. The second kappa shape index (κ2) is 9.48. The van der Waals surface area contributed by atoms with E-state index in [1.54, 1.807) is 25.1 Å². The summed E-state index contributed by atoms with van der Waals surface area (Å²) in [5, 5.41) is 9.59. The Hall–Kier alpha value is -1.99. The molecule has 2 aromatic rings. The number of hydrogen-bond acceptors (Lipinski definition) is 6. The first-order chi connectivity index (χ1) is 12.0. The van der Waals surface area contributed by atoms with Gasteiger partial charge in [-0.2, -0.15) is 0 Å². The summed E-state index contributed by atoms with van der Waals surface area (Å²) >= 11 is 7.25. The first kappa shape index (κ1) is 19.3. The first-order valence-corrected chi connectivity index (χ1v) is 9.16. The summed E-state index contributed by atoms with van der Waals surface area (Å²) in [6, 6.07) is 7.17. The molecule has 1 aromatic carbocycles. The van der Waals surface area contributed by atoms with Crippen molar-refractivity contribution in [2.75, 3.05) is 12.4 Å². The van der Waals surface area contributed by atoms with E-state index in [9.17, 15) is 4.79 Å². The minimum Gasteiger partial charge on any atom is -0.483 e. The Morgan fingerprint density at radius 3 is 2.96 bits per heavy atom. The molecular formula is C17H20ClN3O3S. The number of carbonyl (C=O) groups is 1. The molecule has 0 bridgehead atoms. The Morgan fingerprint density at radius 2 is 2.28 bits per heavy atom. The molecule has 134 valence electrons. The fourth-order valence-electron chi connectivity index (χ4n) is 2.13. The summed E-state index contributed by atoms with van der Waals surface area (Å²) in [6.45, 7) is 8.28. The number of nitrogens with zero attached hydrogens (tertiary/aromatic N) is 3. The smallest absolute Gasteiger partial charge is 0.316 e. The fourth-order valence-corrected chi connectivity index (χ4v) is 3.06. The van der Waals surface area contributed by atoms with E-state index in [1.165, 1.54) is 11.8 Å². The normalized spacial score (nSPS) is 11.8. The number of rotatable bonds is 9. The minimum absolute atomic E-state index is 0.173. The summed E-state index contributed by atoms with van der Waals surface area (Å²) in [5.74, 6) is 1.18. The molecule has 0 aliphatic heterocycles. The average molecular weight is 382 g/mol. The highest BCUT2D eigenvalue weighted by Gasteiger charge is 2.20. The summed E-state index contributed by atoms with van der Waals surface area (Å²) in [5.41, 5.74) is 0. The predicted octanol–water partition coefficient (Wildman–Crippen LogP) is 3.91. The molecule has 1 heterocycles. The van der Waals surface area contributed by atoms with Gasteiger partial charge in [-0.25, -0.2) is 0 Å². The van der Waals surface area contributed by atoms with Crippen LogP contribution in [-0.2, 0) is 16.1 Å². The van der Waals surface area contributed by atoms with E-state index in [4.69, 9.17) is 21.1 Å². The van der Waals surface area contributed by atoms with Crippen LogP contribution in [0.4, 0.5) is 0 Å². The minimum atomic E-state index is -0.345. The molecule has 0 saturated carbocycles. The molecule has 0 aliphatic rings. The third-order valence-corrected chi connectivity index (χ3v) is 4.33. The van der Waals surface area contributed by atoms with E-state index < -0.39 is 0 Å². The van der Waals surface area contributed by atoms with Crippen LogP contribution in [0.25, 0.3) is 0 Å². The van der Waals surface area contributed by atoms with Crippen molar-refractivity contribution in [2.45, 2.75) is 31.7 Å². The van der Waals surface area contributed by atoms with Gasteiger partial charge in [0.15, 0.2) is 17.1 Å². The van der Waals surface area contributed by atoms with Crippen LogP contribution in [0, 0.1) is 0 Å². The number of halogens is 1. The number of thioether (sulfide) groups is 1. The fraction of sp³-hybridized carbons (Fsp3) is 0.353. The number of hydrogen-bond donors (Lipinski definition) is 0. The van der Waals surface area contributed by atoms with Gasteiger partial charge in [-0.1, -0.05) is 35.5 Å². The zero-order valence-electron chi connectivity index (χ0n) is 14.1. The number of allylic oxidation sites excluding steroid dienone is 1. The van der Waals surface area contributed by atoms with E-state index >= 15 is 0 Å². The van der Waals surface area contributed by atoms with E-state index in [2.05, 4.69) is 16.8 Å². The Labute approximate surface area is 156 Å². The lowest BCUT2D eigenvalue weighted by atomic mass is 10.3. The maximum absolute atomic E-state index is 11.5. The third-order valence-electron chi connectivity index (χ3n) is 3.15. The molecule has 0 radical (unpaired) electrons. The largest absolute Gasteiger partial charge is 0.483 e. The van der Waals surface area contributed by atoms with Gasteiger partial charge < -0.3 is 9.47 Å². The molecule has 0 aliphatic carbocycles. The molecule has 0 N–H and O–H groups in total. The van der Waals surface area contributed by atoms with Gasteiger partial charge in [-0.3, -0.25) is 9.36 Å². The lowest BCUT2D eigenvalue weighted by Gasteiger charge is -2.15. The maximum atomic E-state index is 11.5. The Kier molecular flexibility index (Phi) is 7.33. The van der Waals surface area contributed by atoms with Crippen molar-refractivity contribution in [3.8, 4) is 5.75 Å². The van der Waals surface area contributed by atoms with Crippen molar-refractivity contribution in [3.63, 3.8) is 0 Å². The van der Waals surface area contributed by atoms with E-state index in [0.29, 0.717) is 34.9 Å². The van der Waals surface area contributed by atoms with Gasteiger partial charge in [-0.15, -0.1) is 16.8 Å². The van der Waals surface area contributed by atoms with Crippen LogP contribution in [0.2, 0.25) is 5.02 Å². The highest BCUT2D eigenvalue weighted by atomic mass is 35.5. The van der Waals surface area contributed by atoms with Crippen molar-refractivity contribution in [1.29, 1.82) is 0 Å². The van der Waals surface area contributed by atoms with Gasteiger partial charge in [0.05, 0.1) is 12.4 Å². The lowest BCUT2D eigenvalue weighted by molar-refractivity contribution is -0.139. The quantitative estimate of drug-likeness (QED) is 0.372. The zero-order chi connectivity index (χ0) is 18.2. The molecule has 0 amide bonds. The summed E-state index contributed by atoms with van der Waals surface area (Å²) < 4.78 is 12.7. The molecule has 8 heteroatoms. The number of benzene rings is 1. The van der Waals surface area contributed by atoms with Gasteiger partial charge in [-0.05, 0) is 32.0 Å². The lowest BCUT2D eigenvalue weighted by Crippen LogP contribution is -2.13. The molecule has 2 rings (SSSR count). The van der Waals surface area contributed by atoms with Crippen LogP contribution in [0.3, 0.4) is 0 Å². The topological polar surface area (TPSA) is 66.2 Å². The molecule has 0 spiro atoms. The number of ether oxygens (including phenoxy) is 2. The van der Waals surface area contributed by atoms with Crippen LogP contribution >= 0.6 is 23.4 Å². The maximum Gasteiger partial charge on any atom is 0.316 e. The van der Waals surface area contributed by atoms with Crippen molar-refractivity contribution in [1.82, 2.24) is 14.8 Å². The van der Waals surface area contributed by atoms with Crippen LogP contribution in [0.15, 0.2) is 42.1 Å². The molecule has 6 nitrogen and oxygen atoms in total. The van der Waals surface area contributed by atoms with Crippen LogP contribution in [-0.4, -0.2) is 33.1 Å². The van der Waals surface area contributed by atoms with Crippen molar-refractivity contribution >= 4 is 29.3 Å². The third kappa shape index (κ3) is 5.51. The summed E-state index contributed by atoms with van der Waals surface area (Å²) in [7, 11) is 0. The second-order valence-corrected chi connectivity index (χ2v) is 6.43. The zero-order valence-corrected chi connectivity index (χ0v) is 15.7. The van der Waals surface area contributed by atoms with Crippen molar-refractivity contribution < 1.29 is 14.3 Å². The van der Waals surface area contributed by atoms with Crippen LogP contribution < -0.4 is 4.74 Å². The number of aromatic nitrogens is 3. The molecule has 25 heavy (non-hydrogen) atoms. The Morgan fingerprint density at radius 1 is 1.48 bits per heavy atom. The van der Waals surface area contributed by atoms with Gasteiger partial charge in [0.1, 0.15) is 5.75 Å². The van der Waals surface area contributed by atoms with E-state index in [0.717, 1.165) is 0 Å². The standard InChI is InChI=1S/C17H20ClN3O3S/c1-4-9-21-16(12(3)24-14-8-6-7-13(18)10-14)19-20-17(21)25-11-15(22)23-5-2/h4,6-8,10,12H,1,5,9,11H2,2-3H3. The second-order valence-electron chi connectivity index (χ2n) is 5.05. The average Bonchev–Trinajstić information content (AvgIpc) is 2.96. The van der Waals surface area contributed by atoms with Gasteiger partial charge >= 0.3 is 5.97 Å². The summed E-state index contributed by atoms with van der Waals surface area (Å²) in [6.07, 6.45) is 1.40. The van der Waals surface area contributed by atoms with E-state index in [1.807, 2.05) is 23.6 Å². The number of carbonyl (C=O) groups excluding carboxylic acids is 1. The highest BCUT2D eigenvalue weighted by Crippen LogP contribution is 2.26. The monoisotopic (exact) mass is 381 g/mol. The molecule has 1 atom stereocenters. The van der Waals surface area contributed by atoms with Gasteiger partial charge in [0.2, 0.25) is 0 Å². The predicted molar refractivity (Wildman–Crippen MR) is 98.1 cm³/mol. The summed E-state index contributed by atoms with van der Waals surface area (Å²) in [4.78, 5) is 11.5. The molecule has 0 fully saturated rings. The van der Waals surface area contributed by atoms with Gasteiger partial charge in [0.25, 0.3) is 0 Å².